The zero-order valence-corrected chi connectivity index (χ0v) is 14.7. The van der Waals surface area contributed by atoms with Crippen molar-refractivity contribution in [3.05, 3.63) is 52.8 Å². The third-order valence-electron chi connectivity index (χ3n) is 3.97. The van der Waals surface area contributed by atoms with E-state index >= 15 is 0 Å². The third-order valence-corrected chi connectivity index (χ3v) is 3.97. The summed E-state index contributed by atoms with van der Waals surface area (Å²) in [4.78, 5) is 12.4. The summed E-state index contributed by atoms with van der Waals surface area (Å²) in [6, 6.07) is 7.77. The Labute approximate surface area is 143 Å². The molecule has 0 unspecified atom stereocenters. The minimum Gasteiger partial charge on any atom is -0.392 e. The molecule has 0 atom stereocenters. The van der Waals surface area contributed by atoms with E-state index in [9.17, 15) is 4.79 Å². The van der Waals surface area contributed by atoms with Crippen LogP contribution in [-0.2, 0) is 26.0 Å². The fourth-order valence-electron chi connectivity index (χ4n) is 2.70. The highest BCUT2D eigenvalue weighted by molar-refractivity contribution is 5.95. The van der Waals surface area contributed by atoms with Gasteiger partial charge in [-0.2, -0.15) is 5.10 Å². The number of carbonyl (C=O) groups is 1. The Bertz CT molecular complexity index is 660. The fraction of sp³-hybridized carbons (Fsp3) is 0.474. The van der Waals surface area contributed by atoms with Crippen LogP contribution in [0.5, 0.6) is 0 Å². The number of rotatable bonds is 8. The van der Waals surface area contributed by atoms with Gasteiger partial charge in [-0.15, -0.1) is 0 Å². The number of carbonyl (C=O) groups excluding carboxylic acids is 1. The summed E-state index contributed by atoms with van der Waals surface area (Å²) in [7, 11) is 0. The van der Waals surface area contributed by atoms with Crippen LogP contribution in [-0.4, -0.2) is 27.3 Å². The number of aliphatic hydroxyl groups excluding tert-OH is 1. The Hall–Kier alpha value is -2.14. The molecule has 2 rings (SSSR count). The van der Waals surface area contributed by atoms with Crippen LogP contribution in [0.1, 0.15) is 48.0 Å². The quantitative estimate of drug-likeness (QED) is 0.782. The number of nitrogens with one attached hydrogen (secondary N) is 1. The summed E-state index contributed by atoms with van der Waals surface area (Å²) in [6.07, 6.45) is 3.23. The molecule has 0 saturated carbocycles. The highest BCUT2D eigenvalue weighted by Gasteiger charge is 2.16. The van der Waals surface area contributed by atoms with Crippen molar-refractivity contribution in [2.24, 2.45) is 5.92 Å². The molecular weight excluding hydrogens is 302 g/mol. The molecule has 5 nitrogen and oxygen atoms in total. The zero-order chi connectivity index (χ0) is 17.5. The van der Waals surface area contributed by atoms with Crippen LogP contribution in [0.15, 0.2) is 30.5 Å². The number of aliphatic hydroxyl groups is 1. The predicted molar refractivity (Wildman–Crippen MR) is 94.8 cm³/mol. The molecule has 0 spiro atoms. The van der Waals surface area contributed by atoms with E-state index in [2.05, 4.69) is 24.3 Å². The van der Waals surface area contributed by atoms with E-state index in [1.54, 1.807) is 6.20 Å². The van der Waals surface area contributed by atoms with Gasteiger partial charge in [-0.3, -0.25) is 9.48 Å². The van der Waals surface area contributed by atoms with Crippen molar-refractivity contribution in [3.8, 4) is 0 Å². The van der Waals surface area contributed by atoms with Crippen LogP contribution < -0.4 is 5.32 Å². The molecular formula is C19H27N3O2. The van der Waals surface area contributed by atoms with Crippen molar-refractivity contribution < 1.29 is 9.90 Å². The van der Waals surface area contributed by atoms with E-state index in [-0.39, 0.29) is 12.5 Å². The smallest absolute Gasteiger partial charge is 0.254 e. The molecule has 2 N–H and O–H groups in total. The SMILES string of the molecule is CCc1c(C(=O)NCCc2ccc(CO)cc2)cnn1CC(C)C. The van der Waals surface area contributed by atoms with Gasteiger partial charge in [0, 0.05) is 13.1 Å². The van der Waals surface area contributed by atoms with Gasteiger partial charge >= 0.3 is 0 Å². The molecule has 0 saturated heterocycles. The van der Waals surface area contributed by atoms with E-state index < -0.39 is 0 Å². The Balaban J connectivity index is 1.93. The zero-order valence-electron chi connectivity index (χ0n) is 14.7. The van der Waals surface area contributed by atoms with Crippen molar-refractivity contribution in [1.29, 1.82) is 0 Å². The van der Waals surface area contributed by atoms with Gasteiger partial charge < -0.3 is 10.4 Å². The molecule has 130 valence electrons. The van der Waals surface area contributed by atoms with E-state index in [0.717, 1.165) is 36.2 Å². The van der Waals surface area contributed by atoms with Crippen LogP contribution in [0.2, 0.25) is 0 Å². The first kappa shape index (κ1) is 18.2. The fourth-order valence-corrected chi connectivity index (χ4v) is 2.70. The van der Waals surface area contributed by atoms with E-state index in [1.807, 2.05) is 35.9 Å². The van der Waals surface area contributed by atoms with Gasteiger partial charge in [0.1, 0.15) is 0 Å². The van der Waals surface area contributed by atoms with Gasteiger partial charge in [-0.05, 0) is 29.9 Å². The summed E-state index contributed by atoms with van der Waals surface area (Å²) < 4.78 is 1.94. The van der Waals surface area contributed by atoms with Gasteiger partial charge in [0.2, 0.25) is 0 Å². The highest BCUT2D eigenvalue weighted by Crippen LogP contribution is 2.12. The van der Waals surface area contributed by atoms with E-state index in [1.165, 1.54) is 0 Å². The molecule has 1 heterocycles. The highest BCUT2D eigenvalue weighted by atomic mass is 16.3. The number of amides is 1. The van der Waals surface area contributed by atoms with Crippen molar-refractivity contribution in [2.45, 2.75) is 46.8 Å². The maximum Gasteiger partial charge on any atom is 0.254 e. The average Bonchev–Trinajstić information content (AvgIpc) is 2.97. The Morgan fingerprint density at radius 1 is 1.25 bits per heavy atom. The van der Waals surface area contributed by atoms with Crippen LogP contribution >= 0.6 is 0 Å². The van der Waals surface area contributed by atoms with Gasteiger partial charge in [-0.25, -0.2) is 0 Å². The first-order chi connectivity index (χ1) is 11.5. The van der Waals surface area contributed by atoms with Crippen LogP contribution in [0.3, 0.4) is 0 Å². The Morgan fingerprint density at radius 3 is 2.50 bits per heavy atom. The second-order valence-corrected chi connectivity index (χ2v) is 6.41. The number of hydrogen-bond donors (Lipinski definition) is 2. The van der Waals surface area contributed by atoms with Crippen molar-refractivity contribution >= 4 is 5.91 Å². The molecule has 0 aliphatic carbocycles. The Kier molecular flexibility index (Phi) is 6.55. The van der Waals surface area contributed by atoms with Gasteiger partial charge in [0.25, 0.3) is 5.91 Å². The molecule has 1 amide bonds. The lowest BCUT2D eigenvalue weighted by atomic mass is 10.1. The summed E-state index contributed by atoms with van der Waals surface area (Å²) in [5.74, 6) is 0.432. The van der Waals surface area contributed by atoms with E-state index in [4.69, 9.17) is 5.11 Å². The molecule has 1 aromatic heterocycles. The predicted octanol–water partition coefficient (Wildman–Crippen LogP) is 2.57. The Morgan fingerprint density at radius 2 is 1.92 bits per heavy atom. The number of hydrogen-bond acceptors (Lipinski definition) is 3. The maximum absolute atomic E-state index is 12.4. The monoisotopic (exact) mass is 329 g/mol. The lowest BCUT2D eigenvalue weighted by Crippen LogP contribution is -2.26. The van der Waals surface area contributed by atoms with Crippen LogP contribution in [0, 0.1) is 5.92 Å². The van der Waals surface area contributed by atoms with Gasteiger partial charge in [0.15, 0.2) is 0 Å². The second kappa shape index (κ2) is 8.64. The maximum atomic E-state index is 12.4. The summed E-state index contributed by atoms with van der Waals surface area (Å²) >= 11 is 0. The first-order valence-corrected chi connectivity index (χ1v) is 8.56. The van der Waals surface area contributed by atoms with Crippen LogP contribution in [0.25, 0.3) is 0 Å². The van der Waals surface area contributed by atoms with E-state index in [0.29, 0.717) is 18.0 Å². The largest absolute Gasteiger partial charge is 0.392 e. The number of aromatic nitrogens is 2. The van der Waals surface area contributed by atoms with Crippen molar-refractivity contribution in [3.63, 3.8) is 0 Å². The third kappa shape index (κ3) is 4.68. The minimum absolute atomic E-state index is 0.0528. The van der Waals surface area contributed by atoms with Crippen molar-refractivity contribution in [2.75, 3.05) is 6.54 Å². The summed E-state index contributed by atoms with van der Waals surface area (Å²) in [6.45, 7) is 7.79. The molecule has 0 aliphatic heterocycles. The normalized spacial score (nSPS) is 11.0. The number of nitrogens with zero attached hydrogens (tertiary/aromatic N) is 2. The molecule has 0 fully saturated rings. The average molecular weight is 329 g/mol. The second-order valence-electron chi connectivity index (χ2n) is 6.41. The summed E-state index contributed by atoms with van der Waals surface area (Å²) in [5.41, 5.74) is 3.70. The van der Waals surface area contributed by atoms with Crippen LogP contribution in [0.4, 0.5) is 0 Å². The molecule has 5 heteroatoms. The summed E-state index contributed by atoms with van der Waals surface area (Å²) in [5, 5.41) is 16.4. The molecule has 0 bridgehead atoms. The van der Waals surface area contributed by atoms with Crippen molar-refractivity contribution in [1.82, 2.24) is 15.1 Å². The molecule has 1 aromatic carbocycles. The molecule has 24 heavy (non-hydrogen) atoms. The van der Waals surface area contributed by atoms with Gasteiger partial charge in [-0.1, -0.05) is 45.0 Å². The molecule has 0 radical (unpaired) electrons. The topological polar surface area (TPSA) is 67.2 Å². The molecule has 2 aromatic rings. The lowest BCUT2D eigenvalue weighted by Gasteiger charge is -2.10. The first-order valence-electron chi connectivity index (χ1n) is 8.56. The van der Waals surface area contributed by atoms with Gasteiger partial charge in [0.05, 0.1) is 24.1 Å². The lowest BCUT2D eigenvalue weighted by molar-refractivity contribution is 0.0953. The number of benzene rings is 1. The standard InChI is InChI=1S/C19H27N3O2/c1-4-18-17(11-21-22(18)12-14(2)3)19(24)20-10-9-15-5-7-16(13-23)8-6-15/h5-8,11,14,23H,4,9-10,12-13H2,1-3H3,(H,20,24). The minimum atomic E-state index is -0.0613. The molecule has 0 aliphatic rings.